The molecule has 6 heteroatoms. The summed E-state index contributed by atoms with van der Waals surface area (Å²) in [5.74, 6) is 2.39. The van der Waals surface area contributed by atoms with E-state index in [2.05, 4.69) is 58.8 Å². The quantitative estimate of drug-likeness (QED) is 0.591. The lowest BCUT2D eigenvalue weighted by Crippen LogP contribution is -2.02. The fraction of sp³-hybridized carbons (Fsp3) is 0.286. The van der Waals surface area contributed by atoms with E-state index in [9.17, 15) is 0 Å². The fourth-order valence-electron chi connectivity index (χ4n) is 3.60. The molecule has 0 radical (unpaired) electrons. The summed E-state index contributed by atoms with van der Waals surface area (Å²) in [6.45, 7) is 2.10. The predicted octanol–water partition coefficient (Wildman–Crippen LogP) is 4.30. The standard InChI is InChI=1S/C21H22N6/c1-13-5-4-6-15(9-13)18-11-20(26(2)25-18)23-19-10-16(14-7-8-14)17-12-22-27(3)21(17)24-19/h4-6,9-12,14H,7-8H2,1-3H3,(H,23,24). The maximum absolute atomic E-state index is 4.79. The Bertz CT molecular complexity index is 1150. The number of aromatic nitrogens is 5. The molecule has 0 aliphatic heterocycles. The van der Waals surface area contributed by atoms with E-state index in [0.717, 1.165) is 33.9 Å². The van der Waals surface area contributed by atoms with Crippen molar-refractivity contribution < 1.29 is 0 Å². The van der Waals surface area contributed by atoms with Gasteiger partial charge >= 0.3 is 0 Å². The summed E-state index contributed by atoms with van der Waals surface area (Å²) < 4.78 is 3.71. The number of anilines is 2. The van der Waals surface area contributed by atoms with Crippen LogP contribution in [0.4, 0.5) is 11.6 Å². The van der Waals surface area contributed by atoms with Crippen LogP contribution in [0.25, 0.3) is 22.3 Å². The lowest BCUT2D eigenvalue weighted by atomic mass is 10.1. The third-order valence-corrected chi connectivity index (χ3v) is 5.20. The molecule has 3 aromatic heterocycles. The van der Waals surface area contributed by atoms with Gasteiger partial charge in [-0.2, -0.15) is 10.2 Å². The molecule has 6 nitrogen and oxygen atoms in total. The van der Waals surface area contributed by atoms with Gasteiger partial charge in [0.2, 0.25) is 0 Å². The first-order valence-electron chi connectivity index (χ1n) is 9.29. The fourth-order valence-corrected chi connectivity index (χ4v) is 3.60. The van der Waals surface area contributed by atoms with Crippen LogP contribution in [0.2, 0.25) is 0 Å². The summed E-state index contributed by atoms with van der Waals surface area (Å²) >= 11 is 0. The minimum atomic E-state index is 0.634. The Balaban J connectivity index is 1.53. The number of hydrogen-bond acceptors (Lipinski definition) is 4. The van der Waals surface area contributed by atoms with Crippen LogP contribution in [0, 0.1) is 6.92 Å². The highest BCUT2D eigenvalue weighted by molar-refractivity contribution is 5.82. The zero-order valence-corrected chi connectivity index (χ0v) is 15.8. The highest BCUT2D eigenvalue weighted by Gasteiger charge is 2.27. The van der Waals surface area contributed by atoms with Gasteiger partial charge in [0.15, 0.2) is 5.65 Å². The topological polar surface area (TPSA) is 60.6 Å². The van der Waals surface area contributed by atoms with E-state index in [-0.39, 0.29) is 0 Å². The number of nitrogens with one attached hydrogen (secondary N) is 1. The largest absolute Gasteiger partial charge is 0.325 e. The van der Waals surface area contributed by atoms with Crippen LogP contribution in [-0.4, -0.2) is 24.5 Å². The Morgan fingerprint density at radius 2 is 1.93 bits per heavy atom. The molecule has 0 spiro atoms. The van der Waals surface area contributed by atoms with E-state index in [1.807, 2.05) is 29.7 Å². The first-order valence-corrected chi connectivity index (χ1v) is 9.29. The van der Waals surface area contributed by atoms with Crippen molar-refractivity contribution in [2.45, 2.75) is 25.7 Å². The van der Waals surface area contributed by atoms with Gasteiger partial charge in [0, 0.05) is 31.1 Å². The molecule has 136 valence electrons. The molecule has 4 aromatic rings. The molecule has 0 atom stereocenters. The number of benzene rings is 1. The third kappa shape index (κ3) is 2.87. The van der Waals surface area contributed by atoms with Gasteiger partial charge in [-0.15, -0.1) is 0 Å². The molecule has 0 bridgehead atoms. The summed E-state index contributed by atoms with van der Waals surface area (Å²) in [7, 11) is 3.89. The molecule has 3 heterocycles. The molecule has 1 fully saturated rings. The van der Waals surface area contributed by atoms with Crippen LogP contribution in [0.5, 0.6) is 0 Å². The van der Waals surface area contributed by atoms with E-state index in [1.165, 1.54) is 24.0 Å². The number of pyridine rings is 1. The van der Waals surface area contributed by atoms with Crippen molar-refractivity contribution in [1.82, 2.24) is 24.5 Å². The van der Waals surface area contributed by atoms with Gasteiger partial charge in [-0.1, -0.05) is 23.8 Å². The Labute approximate surface area is 157 Å². The second-order valence-corrected chi connectivity index (χ2v) is 7.41. The Morgan fingerprint density at radius 1 is 1.07 bits per heavy atom. The maximum atomic E-state index is 4.79. The van der Waals surface area contributed by atoms with E-state index < -0.39 is 0 Å². The van der Waals surface area contributed by atoms with Crippen LogP contribution in [0.15, 0.2) is 42.6 Å². The smallest absolute Gasteiger partial charge is 0.160 e. The highest BCUT2D eigenvalue weighted by atomic mass is 15.3. The van der Waals surface area contributed by atoms with Gasteiger partial charge in [0.25, 0.3) is 0 Å². The van der Waals surface area contributed by atoms with Crippen LogP contribution in [-0.2, 0) is 14.1 Å². The molecule has 1 aliphatic rings. The van der Waals surface area contributed by atoms with Gasteiger partial charge in [0.1, 0.15) is 11.6 Å². The van der Waals surface area contributed by atoms with Gasteiger partial charge in [-0.05, 0) is 43.4 Å². The van der Waals surface area contributed by atoms with E-state index >= 15 is 0 Å². The summed E-state index contributed by atoms with van der Waals surface area (Å²) in [5.41, 5.74) is 5.56. The van der Waals surface area contributed by atoms with Crippen molar-refractivity contribution in [1.29, 1.82) is 0 Å². The molecule has 1 N–H and O–H groups in total. The molecule has 0 saturated heterocycles. The molecular formula is C21H22N6. The van der Waals surface area contributed by atoms with Crippen LogP contribution in [0.1, 0.15) is 29.9 Å². The second kappa shape index (κ2) is 5.94. The van der Waals surface area contributed by atoms with E-state index in [0.29, 0.717) is 5.92 Å². The Hall–Kier alpha value is -3.15. The zero-order chi connectivity index (χ0) is 18.5. The molecule has 1 aromatic carbocycles. The zero-order valence-electron chi connectivity index (χ0n) is 15.8. The van der Waals surface area contributed by atoms with Crippen molar-refractivity contribution in [3.8, 4) is 11.3 Å². The highest BCUT2D eigenvalue weighted by Crippen LogP contribution is 2.43. The maximum Gasteiger partial charge on any atom is 0.160 e. The van der Waals surface area contributed by atoms with Crippen molar-refractivity contribution in [2.75, 3.05) is 5.32 Å². The normalized spacial score (nSPS) is 14.0. The number of aryl methyl sites for hydroxylation is 3. The van der Waals surface area contributed by atoms with Crippen molar-refractivity contribution in [2.24, 2.45) is 14.1 Å². The predicted molar refractivity (Wildman–Crippen MR) is 107 cm³/mol. The van der Waals surface area contributed by atoms with E-state index in [1.54, 1.807) is 0 Å². The average Bonchev–Trinajstić information content (AvgIpc) is 3.35. The van der Waals surface area contributed by atoms with E-state index in [4.69, 9.17) is 4.98 Å². The minimum absolute atomic E-state index is 0.634. The first-order chi connectivity index (χ1) is 13.1. The lowest BCUT2D eigenvalue weighted by molar-refractivity contribution is 0.777. The number of rotatable bonds is 4. The monoisotopic (exact) mass is 358 g/mol. The number of nitrogens with zero attached hydrogens (tertiary/aromatic N) is 5. The molecular weight excluding hydrogens is 336 g/mol. The second-order valence-electron chi connectivity index (χ2n) is 7.41. The van der Waals surface area contributed by atoms with Gasteiger partial charge in [-0.25, -0.2) is 4.98 Å². The minimum Gasteiger partial charge on any atom is -0.325 e. The summed E-state index contributed by atoms with van der Waals surface area (Å²) in [6.07, 6.45) is 4.42. The molecule has 0 amide bonds. The number of hydrogen-bond donors (Lipinski definition) is 1. The molecule has 0 unspecified atom stereocenters. The summed E-state index contributed by atoms with van der Waals surface area (Å²) in [4.78, 5) is 4.79. The summed E-state index contributed by atoms with van der Waals surface area (Å²) in [6, 6.07) is 12.6. The Kier molecular flexibility index (Phi) is 3.53. The van der Waals surface area contributed by atoms with Crippen molar-refractivity contribution in [3.63, 3.8) is 0 Å². The van der Waals surface area contributed by atoms with Crippen LogP contribution >= 0.6 is 0 Å². The van der Waals surface area contributed by atoms with Gasteiger partial charge < -0.3 is 5.32 Å². The van der Waals surface area contributed by atoms with Gasteiger partial charge in [0.05, 0.1) is 11.9 Å². The average molecular weight is 358 g/mol. The third-order valence-electron chi connectivity index (χ3n) is 5.20. The van der Waals surface area contributed by atoms with Crippen LogP contribution in [0.3, 0.4) is 0 Å². The molecule has 5 rings (SSSR count). The summed E-state index contributed by atoms with van der Waals surface area (Å²) in [5, 5.41) is 13.7. The molecule has 1 saturated carbocycles. The molecule has 1 aliphatic carbocycles. The van der Waals surface area contributed by atoms with Crippen LogP contribution < -0.4 is 5.32 Å². The Morgan fingerprint density at radius 3 is 2.70 bits per heavy atom. The van der Waals surface area contributed by atoms with Crippen molar-refractivity contribution in [3.05, 3.63) is 53.7 Å². The number of fused-ring (bicyclic) bond motifs is 1. The lowest BCUT2D eigenvalue weighted by Gasteiger charge is -2.09. The van der Waals surface area contributed by atoms with Crippen molar-refractivity contribution >= 4 is 22.7 Å². The molecule has 27 heavy (non-hydrogen) atoms. The first kappa shape index (κ1) is 16.1. The van der Waals surface area contributed by atoms with Gasteiger partial charge in [-0.3, -0.25) is 9.36 Å². The SMILES string of the molecule is Cc1cccc(-c2cc(Nc3cc(C4CC4)c4cnn(C)c4n3)n(C)n2)c1.